The minimum atomic E-state index is -3.47. The number of piperidine rings is 1. The zero-order valence-electron chi connectivity index (χ0n) is 12.3. The molecule has 0 atom stereocenters. The van der Waals surface area contributed by atoms with Crippen molar-refractivity contribution in [1.82, 2.24) is 14.9 Å². The molecule has 1 saturated heterocycles. The number of nitrogens with one attached hydrogen (secondary N) is 2. The Bertz CT molecular complexity index is 590. The van der Waals surface area contributed by atoms with E-state index in [1.165, 1.54) is 28.6 Å². The Morgan fingerprint density at radius 1 is 1.14 bits per heavy atom. The predicted octanol–water partition coefficient (Wildman–Crippen LogP) is 0.419. The van der Waals surface area contributed by atoms with Crippen LogP contribution in [0.4, 0.5) is 0 Å². The van der Waals surface area contributed by atoms with Crippen LogP contribution in [0.25, 0.3) is 0 Å². The second kappa shape index (κ2) is 6.55. The van der Waals surface area contributed by atoms with Gasteiger partial charge < -0.3 is 10.6 Å². The predicted molar refractivity (Wildman–Crippen MR) is 80.7 cm³/mol. The third-order valence-corrected chi connectivity index (χ3v) is 5.76. The molecular weight excluding hydrogens is 290 g/mol. The molecule has 1 heterocycles. The molecule has 1 aromatic rings. The van der Waals surface area contributed by atoms with Gasteiger partial charge in [0.1, 0.15) is 0 Å². The molecule has 0 unspecified atom stereocenters. The lowest BCUT2D eigenvalue weighted by atomic mass is 10.1. The monoisotopic (exact) mass is 311 g/mol. The number of carbonyl (C=O) groups excluding carboxylic acids is 1. The molecule has 0 aliphatic carbocycles. The molecule has 116 valence electrons. The van der Waals surface area contributed by atoms with Gasteiger partial charge in [-0.15, -0.1) is 0 Å². The van der Waals surface area contributed by atoms with E-state index >= 15 is 0 Å². The summed E-state index contributed by atoms with van der Waals surface area (Å²) in [6.07, 6.45) is 1.62. The summed E-state index contributed by atoms with van der Waals surface area (Å²) in [6, 6.07) is 6.43. The van der Waals surface area contributed by atoms with Gasteiger partial charge in [0.25, 0.3) is 5.91 Å². The average Bonchev–Trinajstić information content (AvgIpc) is 2.54. The van der Waals surface area contributed by atoms with E-state index < -0.39 is 10.0 Å². The van der Waals surface area contributed by atoms with Gasteiger partial charge in [-0.25, -0.2) is 8.42 Å². The molecule has 1 aliphatic heterocycles. The minimum absolute atomic E-state index is 0.228. The van der Waals surface area contributed by atoms with Crippen LogP contribution in [0.5, 0.6) is 0 Å². The summed E-state index contributed by atoms with van der Waals surface area (Å²) in [4.78, 5) is 11.7. The Kier molecular flexibility index (Phi) is 4.97. The highest BCUT2D eigenvalue weighted by Gasteiger charge is 2.28. The fourth-order valence-corrected chi connectivity index (χ4v) is 3.93. The van der Waals surface area contributed by atoms with Crippen LogP contribution in [-0.4, -0.2) is 51.9 Å². The number of amides is 1. The molecular formula is C14H21N3O3S. The van der Waals surface area contributed by atoms with Crippen molar-refractivity contribution in [3.05, 3.63) is 29.8 Å². The molecule has 0 saturated carbocycles. The second-order valence-corrected chi connectivity index (χ2v) is 7.01. The Labute approximate surface area is 125 Å². The number of benzene rings is 1. The summed E-state index contributed by atoms with van der Waals surface area (Å²) in [6.45, 7) is 1.04. The van der Waals surface area contributed by atoms with E-state index in [9.17, 15) is 13.2 Å². The van der Waals surface area contributed by atoms with E-state index in [0.29, 0.717) is 24.7 Å². The van der Waals surface area contributed by atoms with Gasteiger partial charge >= 0.3 is 0 Å². The summed E-state index contributed by atoms with van der Waals surface area (Å²) in [5.41, 5.74) is 0.449. The zero-order chi connectivity index (χ0) is 15.5. The maximum Gasteiger partial charge on any atom is 0.251 e. The highest BCUT2D eigenvalue weighted by molar-refractivity contribution is 7.89. The second-order valence-electron chi connectivity index (χ2n) is 5.07. The van der Waals surface area contributed by atoms with Crippen LogP contribution in [0.15, 0.2) is 29.2 Å². The molecule has 7 heteroatoms. The number of rotatable bonds is 4. The minimum Gasteiger partial charge on any atom is -0.355 e. The molecule has 0 bridgehead atoms. The van der Waals surface area contributed by atoms with Crippen LogP contribution < -0.4 is 10.6 Å². The molecule has 0 radical (unpaired) electrons. The zero-order valence-corrected chi connectivity index (χ0v) is 13.1. The van der Waals surface area contributed by atoms with Crippen molar-refractivity contribution in [2.45, 2.75) is 23.8 Å². The smallest absolute Gasteiger partial charge is 0.251 e. The van der Waals surface area contributed by atoms with E-state index in [0.717, 1.165) is 12.8 Å². The lowest BCUT2D eigenvalue weighted by Crippen LogP contribution is -2.43. The Morgan fingerprint density at radius 3 is 2.19 bits per heavy atom. The average molecular weight is 311 g/mol. The van der Waals surface area contributed by atoms with Crippen LogP contribution in [0, 0.1) is 0 Å². The fraction of sp³-hybridized carbons (Fsp3) is 0.500. The molecule has 21 heavy (non-hydrogen) atoms. The maximum absolute atomic E-state index is 12.5. The van der Waals surface area contributed by atoms with Gasteiger partial charge in [0, 0.05) is 31.7 Å². The standard InChI is InChI=1S/C14H21N3O3S/c1-15-12-7-9-17(10-8-12)21(19,20)13-5-3-11(4-6-13)14(18)16-2/h3-6,12,15H,7-10H2,1-2H3,(H,16,18). The molecule has 0 aromatic heterocycles. The Hall–Kier alpha value is -1.44. The molecule has 1 aromatic carbocycles. The Morgan fingerprint density at radius 2 is 1.71 bits per heavy atom. The summed E-state index contributed by atoms with van der Waals surface area (Å²) in [5.74, 6) is -0.228. The lowest BCUT2D eigenvalue weighted by molar-refractivity contribution is 0.0963. The quantitative estimate of drug-likeness (QED) is 0.845. The number of nitrogens with zero attached hydrogens (tertiary/aromatic N) is 1. The van der Waals surface area contributed by atoms with E-state index in [-0.39, 0.29) is 10.8 Å². The topological polar surface area (TPSA) is 78.5 Å². The van der Waals surface area contributed by atoms with Crippen molar-refractivity contribution in [3.63, 3.8) is 0 Å². The van der Waals surface area contributed by atoms with Gasteiger partial charge in [-0.1, -0.05) is 0 Å². The number of hydrogen-bond acceptors (Lipinski definition) is 4. The fourth-order valence-electron chi connectivity index (χ4n) is 2.46. The first kappa shape index (κ1) is 15.9. The third kappa shape index (κ3) is 3.42. The first-order valence-electron chi connectivity index (χ1n) is 6.98. The number of hydrogen-bond donors (Lipinski definition) is 2. The van der Waals surface area contributed by atoms with Crippen LogP contribution in [0.1, 0.15) is 23.2 Å². The van der Waals surface area contributed by atoms with Gasteiger partial charge in [0.05, 0.1) is 4.90 Å². The van der Waals surface area contributed by atoms with Crippen LogP contribution in [0.2, 0.25) is 0 Å². The summed E-state index contributed by atoms with van der Waals surface area (Å²) in [5, 5.41) is 5.68. The number of carbonyl (C=O) groups is 1. The maximum atomic E-state index is 12.5. The van der Waals surface area contributed by atoms with Gasteiger partial charge in [-0.05, 0) is 44.2 Å². The van der Waals surface area contributed by atoms with Crippen molar-refractivity contribution in [1.29, 1.82) is 0 Å². The van der Waals surface area contributed by atoms with Crippen molar-refractivity contribution >= 4 is 15.9 Å². The van der Waals surface area contributed by atoms with Gasteiger partial charge in [0.2, 0.25) is 10.0 Å². The van der Waals surface area contributed by atoms with Crippen LogP contribution in [0.3, 0.4) is 0 Å². The third-order valence-electron chi connectivity index (χ3n) is 3.84. The van der Waals surface area contributed by atoms with Crippen molar-refractivity contribution in [3.8, 4) is 0 Å². The van der Waals surface area contributed by atoms with E-state index in [2.05, 4.69) is 10.6 Å². The molecule has 1 amide bonds. The van der Waals surface area contributed by atoms with E-state index in [1.54, 1.807) is 7.05 Å². The SMILES string of the molecule is CNC(=O)c1ccc(S(=O)(=O)N2CCC(NC)CC2)cc1. The van der Waals surface area contributed by atoms with Gasteiger partial charge in [-0.3, -0.25) is 4.79 Å². The van der Waals surface area contributed by atoms with Crippen molar-refractivity contribution in [2.24, 2.45) is 0 Å². The molecule has 0 spiro atoms. The first-order valence-corrected chi connectivity index (χ1v) is 8.42. The van der Waals surface area contributed by atoms with Gasteiger partial charge in [0.15, 0.2) is 0 Å². The number of sulfonamides is 1. The highest BCUT2D eigenvalue weighted by atomic mass is 32.2. The first-order chi connectivity index (χ1) is 9.98. The van der Waals surface area contributed by atoms with E-state index in [4.69, 9.17) is 0 Å². The molecule has 2 rings (SSSR count). The highest BCUT2D eigenvalue weighted by Crippen LogP contribution is 2.21. The summed E-state index contributed by atoms with van der Waals surface area (Å²) in [7, 11) is -0.0333. The van der Waals surface area contributed by atoms with Crippen molar-refractivity contribution < 1.29 is 13.2 Å². The largest absolute Gasteiger partial charge is 0.355 e. The molecule has 1 fully saturated rings. The summed E-state index contributed by atoms with van der Waals surface area (Å²) >= 11 is 0. The van der Waals surface area contributed by atoms with Crippen molar-refractivity contribution in [2.75, 3.05) is 27.2 Å². The van der Waals surface area contributed by atoms with Crippen LogP contribution >= 0.6 is 0 Å². The molecule has 2 N–H and O–H groups in total. The van der Waals surface area contributed by atoms with E-state index in [1.807, 2.05) is 7.05 Å². The normalized spacial score (nSPS) is 17.6. The molecule has 1 aliphatic rings. The van der Waals surface area contributed by atoms with Gasteiger partial charge in [-0.2, -0.15) is 4.31 Å². The lowest BCUT2D eigenvalue weighted by Gasteiger charge is -2.31. The van der Waals surface area contributed by atoms with Crippen LogP contribution in [-0.2, 0) is 10.0 Å². The Balaban J connectivity index is 2.14. The molecule has 6 nitrogen and oxygen atoms in total. The summed E-state index contributed by atoms with van der Waals surface area (Å²) < 4.78 is 26.6.